The lowest BCUT2D eigenvalue weighted by molar-refractivity contribution is -0.136. The highest BCUT2D eigenvalue weighted by molar-refractivity contribution is 6.31. The third kappa shape index (κ3) is 4.34. The Morgan fingerprint density at radius 3 is 2.35 bits per heavy atom. The van der Waals surface area contributed by atoms with Crippen molar-refractivity contribution in [3.05, 3.63) is 70.7 Å². The number of halogens is 1. The average molecular weight is 331 g/mol. The molecule has 0 heterocycles. The first-order chi connectivity index (χ1) is 11.0. The molecule has 0 aliphatic carbocycles. The monoisotopic (exact) mass is 330 g/mol. The number of carbonyl (C=O) groups excluding carboxylic acids is 1. The van der Waals surface area contributed by atoms with Crippen LogP contribution in [0.5, 0.6) is 0 Å². The van der Waals surface area contributed by atoms with E-state index < -0.39 is 0 Å². The lowest BCUT2D eigenvalue weighted by atomic mass is 9.94. The van der Waals surface area contributed by atoms with Gasteiger partial charge in [-0.1, -0.05) is 67.1 Å². The Bertz CT molecular complexity index is 645. The normalized spacial score (nSPS) is 13.4. The summed E-state index contributed by atoms with van der Waals surface area (Å²) >= 11 is 6.21. The van der Waals surface area contributed by atoms with Crippen molar-refractivity contribution in [2.45, 2.75) is 26.4 Å². The highest BCUT2D eigenvalue weighted by Crippen LogP contribution is 2.23. The van der Waals surface area contributed by atoms with Gasteiger partial charge in [-0.2, -0.15) is 0 Å². The van der Waals surface area contributed by atoms with Gasteiger partial charge in [0.15, 0.2) is 0 Å². The summed E-state index contributed by atoms with van der Waals surface area (Å²) in [5.41, 5.74) is 8.20. The Morgan fingerprint density at radius 2 is 1.74 bits per heavy atom. The van der Waals surface area contributed by atoms with Gasteiger partial charge in [0.05, 0.1) is 5.92 Å². The fraction of sp³-hybridized carbons (Fsp3) is 0.316. The van der Waals surface area contributed by atoms with E-state index >= 15 is 0 Å². The van der Waals surface area contributed by atoms with Gasteiger partial charge in [0.2, 0.25) is 5.91 Å². The van der Waals surface area contributed by atoms with Crippen molar-refractivity contribution in [3.63, 3.8) is 0 Å². The predicted octanol–water partition coefficient (Wildman–Crippen LogP) is 4.02. The summed E-state index contributed by atoms with van der Waals surface area (Å²) in [4.78, 5) is 14.6. The molecule has 0 fully saturated rings. The molecule has 2 rings (SSSR count). The molecule has 0 aromatic heterocycles. The molecular formula is C19H23ClN2O. The first kappa shape index (κ1) is 17.5. The van der Waals surface area contributed by atoms with E-state index in [-0.39, 0.29) is 17.9 Å². The maximum absolute atomic E-state index is 12.8. The summed E-state index contributed by atoms with van der Waals surface area (Å²) in [5.74, 6) is -0.247. The molecular weight excluding hydrogens is 308 g/mol. The second-order valence-corrected chi connectivity index (χ2v) is 6.08. The molecule has 2 aromatic rings. The Morgan fingerprint density at radius 1 is 1.13 bits per heavy atom. The Kier molecular flexibility index (Phi) is 6.20. The van der Waals surface area contributed by atoms with E-state index in [1.54, 1.807) is 4.90 Å². The van der Waals surface area contributed by atoms with Gasteiger partial charge in [0.25, 0.3) is 0 Å². The number of nitrogens with two attached hydrogens (primary N) is 1. The minimum atomic E-state index is -0.316. The van der Waals surface area contributed by atoms with Crippen LogP contribution < -0.4 is 5.73 Å². The molecule has 2 unspecified atom stereocenters. The number of rotatable bonds is 6. The van der Waals surface area contributed by atoms with Gasteiger partial charge in [-0.15, -0.1) is 0 Å². The van der Waals surface area contributed by atoms with Gasteiger partial charge >= 0.3 is 0 Å². The number of hydrogen-bond donors (Lipinski definition) is 1. The van der Waals surface area contributed by atoms with Crippen molar-refractivity contribution in [2.24, 2.45) is 11.7 Å². The van der Waals surface area contributed by atoms with Crippen LogP contribution in [0.4, 0.5) is 0 Å². The van der Waals surface area contributed by atoms with E-state index in [4.69, 9.17) is 17.3 Å². The van der Waals surface area contributed by atoms with Crippen LogP contribution in [0.1, 0.15) is 31.0 Å². The van der Waals surface area contributed by atoms with Crippen LogP contribution in [0.2, 0.25) is 5.02 Å². The van der Waals surface area contributed by atoms with E-state index in [1.807, 2.05) is 68.4 Å². The quantitative estimate of drug-likeness (QED) is 0.869. The molecule has 0 saturated carbocycles. The fourth-order valence-corrected chi connectivity index (χ4v) is 2.78. The zero-order valence-corrected chi connectivity index (χ0v) is 14.3. The largest absolute Gasteiger partial charge is 0.338 e. The van der Waals surface area contributed by atoms with Crippen molar-refractivity contribution in [1.82, 2.24) is 4.90 Å². The average Bonchev–Trinajstić information content (AvgIpc) is 2.60. The van der Waals surface area contributed by atoms with Crippen molar-refractivity contribution in [3.8, 4) is 0 Å². The minimum Gasteiger partial charge on any atom is -0.338 e. The number of benzene rings is 2. The Balaban J connectivity index is 2.11. The summed E-state index contributed by atoms with van der Waals surface area (Å²) < 4.78 is 0. The number of hydrogen-bond acceptors (Lipinski definition) is 2. The SMILES string of the molecule is CCN(Cc1ccccc1Cl)C(=O)C(C)C(N)c1ccccc1. The lowest BCUT2D eigenvalue weighted by Crippen LogP contribution is -2.39. The second-order valence-electron chi connectivity index (χ2n) is 5.67. The molecule has 1 amide bonds. The van der Waals surface area contributed by atoms with Crippen LogP contribution in [0.15, 0.2) is 54.6 Å². The smallest absolute Gasteiger partial charge is 0.227 e. The highest BCUT2D eigenvalue weighted by Gasteiger charge is 2.26. The molecule has 4 heteroatoms. The summed E-state index contributed by atoms with van der Waals surface area (Å²) in [6.45, 7) is 4.97. The molecule has 0 bridgehead atoms. The van der Waals surface area contributed by atoms with Gasteiger partial charge in [-0.25, -0.2) is 0 Å². The van der Waals surface area contributed by atoms with E-state index in [9.17, 15) is 4.79 Å². The number of amides is 1. The van der Waals surface area contributed by atoms with Crippen LogP contribution in [-0.2, 0) is 11.3 Å². The minimum absolute atomic E-state index is 0.0452. The van der Waals surface area contributed by atoms with E-state index in [2.05, 4.69) is 0 Å². The van der Waals surface area contributed by atoms with Gasteiger partial charge in [0, 0.05) is 24.2 Å². The lowest BCUT2D eigenvalue weighted by Gasteiger charge is -2.28. The van der Waals surface area contributed by atoms with E-state index in [1.165, 1.54) is 0 Å². The molecule has 0 aliphatic rings. The predicted molar refractivity (Wildman–Crippen MR) is 95.1 cm³/mol. The summed E-state index contributed by atoms with van der Waals surface area (Å²) in [7, 11) is 0. The van der Waals surface area contributed by atoms with Crippen molar-refractivity contribution >= 4 is 17.5 Å². The van der Waals surface area contributed by atoms with E-state index in [0.717, 1.165) is 11.1 Å². The van der Waals surface area contributed by atoms with Gasteiger partial charge in [-0.3, -0.25) is 4.79 Å². The van der Waals surface area contributed by atoms with Crippen LogP contribution in [0.3, 0.4) is 0 Å². The van der Waals surface area contributed by atoms with Crippen LogP contribution in [0.25, 0.3) is 0 Å². The molecule has 23 heavy (non-hydrogen) atoms. The molecule has 2 atom stereocenters. The molecule has 0 aliphatic heterocycles. The number of nitrogens with zero attached hydrogens (tertiary/aromatic N) is 1. The van der Waals surface area contributed by atoms with Crippen molar-refractivity contribution in [1.29, 1.82) is 0 Å². The maximum atomic E-state index is 12.8. The fourth-order valence-electron chi connectivity index (χ4n) is 2.58. The molecule has 2 N–H and O–H groups in total. The summed E-state index contributed by atoms with van der Waals surface area (Å²) in [6.07, 6.45) is 0. The third-order valence-electron chi connectivity index (χ3n) is 4.13. The first-order valence-electron chi connectivity index (χ1n) is 7.87. The van der Waals surface area contributed by atoms with Crippen LogP contribution >= 0.6 is 11.6 Å². The first-order valence-corrected chi connectivity index (χ1v) is 8.25. The van der Waals surface area contributed by atoms with Gasteiger partial charge < -0.3 is 10.6 Å². The summed E-state index contributed by atoms with van der Waals surface area (Å²) in [6, 6.07) is 17.0. The Hall–Kier alpha value is -1.84. The topological polar surface area (TPSA) is 46.3 Å². The standard InChI is InChI=1S/C19H23ClN2O/c1-3-22(13-16-11-7-8-12-17(16)20)19(23)14(2)18(21)15-9-5-4-6-10-15/h4-12,14,18H,3,13,21H2,1-2H3. The molecule has 2 aromatic carbocycles. The molecule has 0 radical (unpaired) electrons. The summed E-state index contributed by atoms with van der Waals surface area (Å²) in [5, 5.41) is 0.679. The van der Waals surface area contributed by atoms with Gasteiger partial charge in [-0.05, 0) is 24.1 Å². The zero-order valence-electron chi connectivity index (χ0n) is 13.6. The molecule has 3 nitrogen and oxygen atoms in total. The second kappa shape index (κ2) is 8.14. The Labute approximate surface area is 143 Å². The maximum Gasteiger partial charge on any atom is 0.227 e. The van der Waals surface area contributed by atoms with E-state index in [0.29, 0.717) is 18.1 Å². The van der Waals surface area contributed by atoms with Crippen LogP contribution in [-0.4, -0.2) is 17.4 Å². The molecule has 0 saturated heterocycles. The third-order valence-corrected chi connectivity index (χ3v) is 4.49. The zero-order chi connectivity index (χ0) is 16.8. The van der Waals surface area contributed by atoms with Crippen molar-refractivity contribution < 1.29 is 4.79 Å². The van der Waals surface area contributed by atoms with Crippen LogP contribution in [0, 0.1) is 5.92 Å². The highest BCUT2D eigenvalue weighted by atomic mass is 35.5. The van der Waals surface area contributed by atoms with Gasteiger partial charge in [0.1, 0.15) is 0 Å². The van der Waals surface area contributed by atoms with Crippen molar-refractivity contribution in [2.75, 3.05) is 6.54 Å². The molecule has 122 valence electrons. The number of carbonyl (C=O) groups is 1. The molecule has 0 spiro atoms.